The molecule has 3 rings (SSSR count). The van der Waals surface area contributed by atoms with Crippen molar-refractivity contribution >= 4 is 11.8 Å². The molecule has 2 aromatic rings. The Hall–Kier alpha value is -2.69. The molecule has 1 N–H and O–H groups in total. The van der Waals surface area contributed by atoms with E-state index in [-0.39, 0.29) is 17.9 Å². The number of hydrogen-bond donors (Lipinski definition) is 1. The maximum atomic E-state index is 12.1. The summed E-state index contributed by atoms with van der Waals surface area (Å²) in [7, 11) is 0. The third-order valence-corrected chi connectivity index (χ3v) is 4.18. The third kappa shape index (κ3) is 4.41. The van der Waals surface area contributed by atoms with Crippen LogP contribution in [0.3, 0.4) is 0 Å². The second-order valence-corrected chi connectivity index (χ2v) is 6.08. The summed E-state index contributed by atoms with van der Waals surface area (Å²) in [6.07, 6.45) is 4.88. The number of carbonyl (C=O) groups excluding carboxylic acids is 2. The largest absolute Gasteiger partial charge is 0.351 e. The lowest BCUT2D eigenvalue weighted by atomic mass is 10.1. The number of aromatic nitrogens is 1. The van der Waals surface area contributed by atoms with Crippen molar-refractivity contribution in [3.63, 3.8) is 0 Å². The van der Waals surface area contributed by atoms with Crippen LogP contribution in [0.1, 0.15) is 17.5 Å². The first-order chi connectivity index (χ1) is 11.7. The van der Waals surface area contributed by atoms with Crippen LogP contribution in [-0.4, -0.2) is 40.8 Å². The molecular weight excluding hydrogens is 302 g/mol. The van der Waals surface area contributed by atoms with Gasteiger partial charge in [-0.05, 0) is 23.6 Å². The fourth-order valence-electron chi connectivity index (χ4n) is 2.96. The van der Waals surface area contributed by atoms with Crippen molar-refractivity contribution in [3.8, 4) is 0 Å². The molecule has 2 amide bonds. The van der Waals surface area contributed by atoms with Gasteiger partial charge >= 0.3 is 0 Å². The summed E-state index contributed by atoms with van der Waals surface area (Å²) in [6, 6.07) is 13.7. The van der Waals surface area contributed by atoms with Gasteiger partial charge in [-0.25, -0.2) is 0 Å². The van der Waals surface area contributed by atoms with E-state index < -0.39 is 0 Å². The van der Waals surface area contributed by atoms with Crippen molar-refractivity contribution < 1.29 is 9.59 Å². The highest BCUT2D eigenvalue weighted by Gasteiger charge is 2.30. The van der Waals surface area contributed by atoms with E-state index in [4.69, 9.17) is 0 Å². The molecule has 1 aliphatic rings. The number of benzene rings is 1. The molecule has 5 heteroatoms. The first-order valence-corrected chi connectivity index (χ1v) is 8.20. The lowest BCUT2D eigenvalue weighted by Gasteiger charge is -2.17. The fraction of sp³-hybridized carbons (Fsp3) is 0.316. The second kappa shape index (κ2) is 7.73. The molecule has 1 saturated heterocycles. The zero-order valence-electron chi connectivity index (χ0n) is 13.5. The summed E-state index contributed by atoms with van der Waals surface area (Å²) >= 11 is 0. The van der Waals surface area contributed by atoms with Crippen molar-refractivity contribution in [3.05, 3.63) is 66.0 Å². The maximum absolute atomic E-state index is 12.1. The second-order valence-electron chi connectivity index (χ2n) is 6.08. The molecule has 0 unspecified atom stereocenters. The summed E-state index contributed by atoms with van der Waals surface area (Å²) in [5.41, 5.74) is 2.09. The van der Waals surface area contributed by atoms with Crippen LogP contribution < -0.4 is 5.32 Å². The zero-order chi connectivity index (χ0) is 16.8. The van der Waals surface area contributed by atoms with Gasteiger partial charge in [-0.1, -0.05) is 36.4 Å². The molecule has 1 aromatic carbocycles. The molecule has 0 spiro atoms. The Morgan fingerprint density at radius 2 is 1.96 bits per heavy atom. The smallest absolute Gasteiger partial charge is 0.224 e. The average Bonchev–Trinajstić information content (AvgIpc) is 2.94. The molecule has 1 atom stereocenters. The summed E-state index contributed by atoms with van der Waals surface area (Å²) in [5.74, 6) is 0.0447. The SMILES string of the molecule is O=C(Cc1cccnc1)N[C@H]1CC(=O)N(CCc2ccccc2)C1. The molecule has 0 bridgehead atoms. The molecule has 1 fully saturated rings. The van der Waals surface area contributed by atoms with Crippen molar-refractivity contribution in [2.45, 2.75) is 25.3 Å². The Kier molecular flexibility index (Phi) is 5.21. The molecule has 2 heterocycles. The monoisotopic (exact) mass is 323 g/mol. The predicted molar refractivity (Wildman–Crippen MR) is 91.2 cm³/mol. The quantitative estimate of drug-likeness (QED) is 0.878. The Morgan fingerprint density at radius 1 is 1.17 bits per heavy atom. The lowest BCUT2D eigenvalue weighted by Crippen LogP contribution is -2.38. The van der Waals surface area contributed by atoms with Crippen LogP contribution in [-0.2, 0) is 22.4 Å². The topological polar surface area (TPSA) is 62.3 Å². The number of pyridine rings is 1. The molecule has 1 aromatic heterocycles. The van der Waals surface area contributed by atoms with E-state index in [0.29, 0.717) is 25.9 Å². The Morgan fingerprint density at radius 3 is 2.71 bits per heavy atom. The minimum atomic E-state index is -0.0996. The first kappa shape index (κ1) is 16.2. The normalized spacial score (nSPS) is 17.1. The highest BCUT2D eigenvalue weighted by atomic mass is 16.2. The number of likely N-dealkylation sites (tertiary alicyclic amines) is 1. The molecule has 0 aliphatic carbocycles. The van der Waals surface area contributed by atoms with Gasteiger partial charge in [0.05, 0.1) is 12.5 Å². The van der Waals surface area contributed by atoms with E-state index >= 15 is 0 Å². The van der Waals surface area contributed by atoms with Gasteiger partial charge in [0.15, 0.2) is 0 Å². The van der Waals surface area contributed by atoms with Crippen molar-refractivity contribution in [2.75, 3.05) is 13.1 Å². The Balaban J connectivity index is 1.46. The van der Waals surface area contributed by atoms with E-state index in [9.17, 15) is 9.59 Å². The summed E-state index contributed by atoms with van der Waals surface area (Å²) in [5, 5.41) is 2.96. The van der Waals surface area contributed by atoms with Gasteiger partial charge in [0, 0.05) is 31.9 Å². The van der Waals surface area contributed by atoms with Crippen molar-refractivity contribution in [1.82, 2.24) is 15.2 Å². The molecule has 0 saturated carbocycles. The van der Waals surface area contributed by atoms with Gasteiger partial charge in [-0.15, -0.1) is 0 Å². The van der Waals surface area contributed by atoms with Crippen LogP contribution >= 0.6 is 0 Å². The Bertz CT molecular complexity index is 688. The summed E-state index contributed by atoms with van der Waals surface area (Å²) in [6.45, 7) is 1.28. The standard InChI is InChI=1S/C19H21N3O2/c23-18(11-16-7-4-9-20-13-16)21-17-12-19(24)22(14-17)10-8-15-5-2-1-3-6-15/h1-7,9,13,17H,8,10-12,14H2,(H,21,23)/t17-/m0/s1. The van der Waals surface area contributed by atoms with E-state index in [1.807, 2.05) is 35.2 Å². The number of nitrogens with zero attached hydrogens (tertiary/aromatic N) is 2. The van der Waals surface area contributed by atoms with E-state index in [0.717, 1.165) is 12.0 Å². The number of nitrogens with one attached hydrogen (secondary N) is 1. The van der Waals surface area contributed by atoms with E-state index in [1.165, 1.54) is 5.56 Å². The van der Waals surface area contributed by atoms with E-state index in [1.54, 1.807) is 12.4 Å². The third-order valence-electron chi connectivity index (χ3n) is 4.18. The fourth-order valence-corrected chi connectivity index (χ4v) is 2.96. The van der Waals surface area contributed by atoms with Gasteiger partial charge in [-0.3, -0.25) is 14.6 Å². The minimum Gasteiger partial charge on any atom is -0.351 e. The minimum absolute atomic E-state index is 0.0642. The van der Waals surface area contributed by atoms with Gasteiger partial charge in [0.2, 0.25) is 11.8 Å². The lowest BCUT2D eigenvalue weighted by molar-refractivity contribution is -0.127. The molecule has 1 aliphatic heterocycles. The number of rotatable bonds is 6. The van der Waals surface area contributed by atoms with Crippen LogP contribution in [0.25, 0.3) is 0 Å². The van der Waals surface area contributed by atoms with E-state index in [2.05, 4.69) is 22.4 Å². The summed E-state index contributed by atoms with van der Waals surface area (Å²) < 4.78 is 0. The zero-order valence-corrected chi connectivity index (χ0v) is 13.5. The predicted octanol–water partition coefficient (Wildman–Crippen LogP) is 1.58. The van der Waals surface area contributed by atoms with Crippen molar-refractivity contribution in [1.29, 1.82) is 0 Å². The molecule has 124 valence electrons. The van der Waals surface area contributed by atoms with Gasteiger partial charge in [-0.2, -0.15) is 0 Å². The van der Waals surface area contributed by atoms with Crippen LogP contribution in [0.2, 0.25) is 0 Å². The maximum Gasteiger partial charge on any atom is 0.224 e. The van der Waals surface area contributed by atoms with Crippen LogP contribution in [0.4, 0.5) is 0 Å². The van der Waals surface area contributed by atoms with Gasteiger partial charge in [0.25, 0.3) is 0 Å². The Labute approximate surface area is 141 Å². The molecule has 5 nitrogen and oxygen atoms in total. The average molecular weight is 323 g/mol. The van der Waals surface area contributed by atoms with Crippen LogP contribution in [0.5, 0.6) is 0 Å². The number of amides is 2. The van der Waals surface area contributed by atoms with Crippen LogP contribution in [0.15, 0.2) is 54.9 Å². The number of hydrogen-bond acceptors (Lipinski definition) is 3. The number of carbonyl (C=O) groups is 2. The highest BCUT2D eigenvalue weighted by molar-refractivity contribution is 5.83. The molecular formula is C19H21N3O2. The first-order valence-electron chi connectivity index (χ1n) is 8.20. The van der Waals surface area contributed by atoms with Gasteiger partial charge < -0.3 is 10.2 Å². The molecule has 0 radical (unpaired) electrons. The van der Waals surface area contributed by atoms with Crippen LogP contribution in [0, 0.1) is 0 Å². The molecule has 24 heavy (non-hydrogen) atoms. The highest BCUT2D eigenvalue weighted by Crippen LogP contribution is 2.13. The summed E-state index contributed by atoms with van der Waals surface area (Å²) in [4.78, 5) is 30.0. The van der Waals surface area contributed by atoms with Gasteiger partial charge in [0.1, 0.15) is 0 Å². The van der Waals surface area contributed by atoms with Crippen molar-refractivity contribution in [2.24, 2.45) is 0 Å².